The van der Waals surface area contributed by atoms with Gasteiger partial charge in [-0.15, -0.1) is 0 Å². The molecule has 1 heterocycles. The Morgan fingerprint density at radius 2 is 1.93 bits per heavy atom. The first kappa shape index (κ1) is 10.4. The Hall–Kier alpha value is -0.0800. The lowest BCUT2D eigenvalue weighted by Crippen LogP contribution is -2.44. The van der Waals surface area contributed by atoms with E-state index in [-0.39, 0.29) is 0 Å². The van der Waals surface area contributed by atoms with Crippen LogP contribution in [0, 0.1) is 5.41 Å². The van der Waals surface area contributed by atoms with Crippen LogP contribution in [0.1, 0.15) is 39.0 Å². The Labute approximate surface area is 88.1 Å². The summed E-state index contributed by atoms with van der Waals surface area (Å²) in [7, 11) is 2.24. The minimum atomic E-state index is 0.620. The minimum absolute atomic E-state index is 0.620. The Bertz CT molecular complexity index is 179. The third-order valence-electron chi connectivity index (χ3n) is 4.14. The van der Waals surface area contributed by atoms with Gasteiger partial charge in [0, 0.05) is 12.6 Å². The molecule has 2 fully saturated rings. The fourth-order valence-corrected chi connectivity index (χ4v) is 2.40. The van der Waals surface area contributed by atoms with Crippen LogP contribution >= 0.6 is 0 Å². The van der Waals surface area contributed by atoms with E-state index in [2.05, 4.69) is 24.2 Å². The molecule has 0 aromatic carbocycles. The number of piperidine rings is 1. The predicted molar refractivity (Wildman–Crippen MR) is 60.5 cm³/mol. The normalized spacial score (nSPS) is 27.9. The summed E-state index contributed by atoms with van der Waals surface area (Å²) in [5.74, 6) is 0. The van der Waals surface area contributed by atoms with E-state index in [1.54, 1.807) is 0 Å². The van der Waals surface area contributed by atoms with Crippen molar-refractivity contribution in [2.75, 3.05) is 26.7 Å². The maximum Gasteiger partial charge on any atom is 0.00684 e. The van der Waals surface area contributed by atoms with Crippen molar-refractivity contribution in [3.8, 4) is 0 Å². The lowest BCUT2D eigenvalue weighted by molar-refractivity contribution is 0.115. The molecule has 2 aliphatic rings. The first-order valence-corrected chi connectivity index (χ1v) is 6.16. The SMILES string of the molecule is CCC1(CNC2CC2)CCN(C)CC1. The third-order valence-corrected chi connectivity index (χ3v) is 4.14. The maximum absolute atomic E-state index is 3.71. The summed E-state index contributed by atoms with van der Waals surface area (Å²) < 4.78 is 0. The van der Waals surface area contributed by atoms with Gasteiger partial charge in [0.1, 0.15) is 0 Å². The van der Waals surface area contributed by atoms with Gasteiger partial charge in [-0.25, -0.2) is 0 Å². The molecule has 1 aliphatic carbocycles. The Morgan fingerprint density at radius 3 is 2.43 bits per heavy atom. The average molecular weight is 196 g/mol. The maximum atomic E-state index is 3.71. The van der Waals surface area contributed by atoms with Crippen LogP contribution in [0.25, 0.3) is 0 Å². The van der Waals surface area contributed by atoms with Gasteiger partial charge in [-0.3, -0.25) is 0 Å². The number of hydrogen-bond acceptors (Lipinski definition) is 2. The molecule has 0 radical (unpaired) electrons. The van der Waals surface area contributed by atoms with Gasteiger partial charge in [-0.1, -0.05) is 6.92 Å². The molecule has 0 bridgehead atoms. The summed E-state index contributed by atoms with van der Waals surface area (Å²) in [6.45, 7) is 6.21. The molecular formula is C12H24N2. The largest absolute Gasteiger partial charge is 0.313 e. The van der Waals surface area contributed by atoms with Crippen molar-refractivity contribution in [2.24, 2.45) is 5.41 Å². The molecule has 2 rings (SSSR count). The highest BCUT2D eigenvalue weighted by Gasteiger charge is 2.33. The standard InChI is InChI=1S/C12H24N2/c1-3-12(10-13-11-4-5-11)6-8-14(2)9-7-12/h11,13H,3-10H2,1-2H3. The van der Waals surface area contributed by atoms with E-state index in [4.69, 9.17) is 0 Å². The first-order chi connectivity index (χ1) is 6.74. The van der Waals surface area contributed by atoms with Crippen LogP contribution in [0.3, 0.4) is 0 Å². The van der Waals surface area contributed by atoms with Crippen molar-refractivity contribution in [3.05, 3.63) is 0 Å². The van der Waals surface area contributed by atoms with Crippen LogP contribution in [0.5, 0.6) is 0 Å². The van der Waals surface area contributed by atoms with Crippen molar-refractivity contribution in [1.29, 1.82) is 0 Å². The minimum Gasteiger partial charge on any atom is -0.313 e. The number of nitrogens with one attached hydrogen (secondary N) is 1. The van der Waals surface area contributed by atoms with Gasteiger partial charge < -0.3 is 10.2 Å². The molecule has 82 valence electrons. The molecule has 1 saturated carbocycles. The second-order valence-electron chi connectivity index (χ2n) is 5.31. The number of likely N-dealkylation sites (tertiary alicyclic amines) is 1. The number of hydrogen-bond donors (Lipinski definition) is 1. The van der Waals surface area contributed by atoms with Gasteiger partial charge in [0.2, 0.25) is 0 Å². The molecule has 0 unspecified atom stereocenters. The van der Waals surface area contributed by atoms with Gasteiger partial charge in [-0.2, -0.15) is 0 Å². The summed E-state index contributed by atoms with van der Waals surface area (Å²) >= 11 is 0. The van der Waals surface area contributed by atoms with Gasteiger partial charge in [0.05, 0.1) is 0 Å². The Morgan fingerprint density at radius 1 is 1.29 bits per heavy atom. The fourth-order valence-electron chi connectivity index (χ4n) is 2.40. The summed E-state index contributed by atoms with van der Waals surface area (Å²) in [6.07, 6.45) is 6.96. The van der Waals surface area contributed by atoms with Crippen LogP contribution in [0.4, 0.5) is 0 Å². The molecule has 1 aliphatic heterocycles. The number of nitrogens with zero attached hydrogens (tertiary/aromatic N) is 1. The molecule has 0 atom stereocenters. The zero-order valence-corrected chi connectivity index (χ0v) is 9.68. The van der Waals surface area contributed by atoms with Crippen molar-refractivity contribution in [3.63, 3.8) is 0 Å². The molecule has 1 N–H and O–H groups in total. The Kier molecular flexibility index (Phi) is 3.13. The highest BCUT2D eigenvalue weighted by Crippen LogP contribution is 2.34. The lowest BCUT2D eigenvalue weighted by Gasteiger charge is -2.40. The van der Waals surface area contributed by atoms with E-state index in [1.807, 2.05) is 0 Å². The zero-order valence-electron chi connectivity index (χ0n) is 9.68. The molecule has 1 saturated heterocycles. The summed E-state index contributed by atoms with van der Waals surface area (Å²) in [4.78, 5) is 2.46. The van der Waals surface area contributed by atoms with Crippen LogP contribution in [-0.4, -0.2) is 37.6 Å². The van der Waals surface area contributed by atoms with E-state index in [0.717, 1.165) is 6.04 Å². The predicted octanol–water partition coefficient (Wildman–Crippen LogP) is 1.86. The molecule has 0 aromatic heterocycles. The van der Waals surface area contributed by atoms with Gasteiger partial charge >= 0.3 is 0 Å². The monoisotopic (exact) mass is 196 g/mol. The smallest absolute Gasteiger partial charge is 0.00684 e. The van der Waals surface area contributed by atoms with Gasteiger partial charge in [-0.05, 0) is 57.7 Å². The Balaban J connectivity index is 1.81. The fraction of sp³-hybridized carbons (Fsp3) is 1.00. The van der Waals surface area contributed by atoms with Crippen molar-refractivity contribution < 1.29 is 0 Å². The summed E-state index contributed by atoms with van der Waals surface area (Å²) in [5.41, 5.74) is 0.620. The molecule has 0 spiro atoms. The average Bonchev–Trinajstić information content (AvgIpc) is 3.02. The molecule has 2 heteroatoms. The van der Waals surface area contributed by atoms with Crippen LogP contribution in [0.2, 0.25) is 0 Å². The molecule has 14 heavy (non-hydrogen) atoms. The summed E-state index contributed by atoms with van der Waals surface area (Å²) in [5, 5.41) is 3.71. The molecular weight excluding hydrogens is 172 g/mol. The summed E-state index contributed by atoms with van der Waals surface area (Å²) in [6, 6.07) is 0.873. The zero-order chi connectivity index (χ0) is 10.0. The topological polar surface area (TPSA) is 15.3 Å². The molecule has 0 aromatic rings. The highest BCUT2D eigenvalue weighted by molar-refractivity contribution is 4.90. The van der Waals surface area contributed by atoms with Crippen LogP contribution < -0.4 is 5.32 Å². The van der Waals surface area contributed by atoms with Crippen molar-refractivity contribution in [2.45, 2.75) is 45.1 Å². The molecule has 2 nitrogen and oxygen atoms in total. The van der Waals surface area contributed by atoms with Crippen molar-refractivity contribution in [1.82, 2.24) is 10.2 Å². The quantitative estimate of drug-likeness (QED) is 0.738. The second kappa shape index (κ2) is 4.19. The van der Waals surface area contributed by atoms with E-state index >= 15 is 0 Å². The highest BCUT2D eigenvalue weighted by atomic mass is 15.1. The second-order valence-corrected chi connectivity index (χ2v) is 5.31. The first-order valence-electron chi connectivity index (χ1n) is 6.16. The van der Waals surface area contributed by atoms with E-state index in [0.29, 0.717) is 5.41 Å². The van der Waals surface area contributed by atoms with E-state index < -0.39 is 0 Å². The van der Waals surface area contributed by atoms with E-state index in [1.165, 1.54) is 51.7 Å². The van der Waals surface area contributed by atoms with Crippen LogP contribution in [0.15, 0.2) is 0 Å². The van der Waals surface area contributed by atoms with Gasteiger partial charge in [0.25, 0.3) is 0 Å². The van der Waals surface area contributed by atoms with Gasteiger partial charge in [0.15, 0.2) is 0 Å². The lowest BCUT2D eigenvalue weighted by atomic mass is 9.76. The third kappa shape index (κ3) is 2.48. The van der Waals surface area contributed by atoms with Crippen LogP contribution in [-0.2, 0) is 0 Å². The molecule has 0 amide bonds. The number of rotatable bonds is 4. The van der Waals surface area contributed by atoms with Crippen molar-refractivity contribution >= 4 is 0 Å². The van der Waals surface area contributed by atoms with E-state index in [9.17, 15) is 0 Å².